The number of carbonyl (C=O) groups is 2. The van der Waals surface area contributed by atoms with Crippen LogP contribution >= 0.6 is 0 Å². The second-order valence-corrected chi connectivity index (χ2v) is 5.88. The van der Waals surface area contributed by atoms with Gasteiger partial charge in [0.2, 0.25) is 0 Å². The van der Waals surface area contributed by atoms with Crippen molar-refractivity contribution in [1.82, 2.24) is 4.98 Å². The third-order valence-corrected chi connectivity index (χ3v) is 3.42. The number of pyridine rings is 1. The summed E-state index contributed by atoms with van der Waals surface area (Å²) < 4.78 is 0. The molecule has 0 unspecified atom stereocenters. The van der Waals surface area contributed by atoms with Crippen molar-refractivity contribution in [1.29, 1.82) is 0 Å². The monoisotopic (exact) mass is 275 g/mol. The summed E-state index contributed by atoms with van der Waals surface area (Å²) in [5, 5.41) is 0. The van der Waals surface area contributed by atoms with Crippen molar-refractivity contribution in [2.75, 3.05) is 0 Å². The van der Waals surface area contributed by atoms with Crippen LogP contribution in [-0.4, -0.2) is 16.6 Å². The van der Waals surface area contributed by atoms with E-state index in [1.807, 2.05) is 26.0 Å². The molecular weight excluding hydrogens is 250 g/mol. The van der Waals surface area contributed by atoms with E-state index in [1.54, 1.807) is 6.20 Å². The molecule has 1 aromatic heterocycles. The third-order valence-electron chi connectivity index (χ3n) is 3.42. The first-order valence-electron chi connectivity index (χ1n) is 7.43. The van der Waals surface area contributed by atoms with E-state index in [0.717, 1.165) is 18.5 Å². The molecule has 1 aromatic rings. The molecule has 20 heavy (non-hydrogen) atoms. The number of hydrogen-bond acceptors (Lipinski definition) is 3. The first kappa shape index (κ1) is 16.5. The molecule has 3 heteroatoms. The number of rotatable bonds is 8. The second-order valence-electron chi connectivity index (χ2n) is 5.88. The Balaban J connectivity index is 2.38. The molecule has 0 saturated carbocycles. The molecule has 0 radical (unpaired) electrons. The van der Waals surface area contributed by atoms with Crippen molar-refractivity contribution in [2.45, 2.75) is 59.3 Å². The molecule has 0 spiro atoms. The fourth-order valence-electron chi connectivity index (χ4n) is 1.93. The summed E-state index contributed by atoms with van der Waals surface area (Å²) in [5.41, 5.74) is 1.67. The van der Waals surface area contributed by atoms with Gasteiger partial charge in [0.25, 0.3) is 0 Å². The molecule has 0 fully saturated rings. The van der Waals surface area contributed by atoms with E-state index in [2.05, 4.69) is 18.8 Å². The van der Waals surface area contributed by atoms with Crippen molar-refractivity contribution >= 4 is 11.6 Å². The summed E-state index contributed by atoms with van der Waals surface area (Å²) in [6, 6.07) is 3.77. The van der Waals surface area contributed by atoms with Gasteiger partial charge in [0.05, 0.1) is 0 Å². The summed E-state index contributed by atoms with van der Waals surface area (Å²) >= 11 is 0. The molecule has 0 atom stereocenters. The molecule has 0 aliphatic heterocycles. The number of hydrogen-bond donors (Lipinski definition) is 0. The highest BCUT2D eigenvalue weighted by Crippen LogP contribution is 2.14. The Morgan fingerprint density at radius 3 is 2.20 bits per heavy atom. The zero-order chi connectivity index (χ0) is 15.1. The van der Waals surface area contributed by atoms with Gasteiger partial charge in [-0.15, -0.1) is 0 Å². The predicted molar refractivity (Wildman–Crippen MR) is 81.0 cm³/mol. The molecule has 110 valence electrons. The molecule has 0 N–H and O–H groups in total. The van der Waals surface area contributed by atoms with Crippen LogP contribution in [-0.2, 0) is 4.79 Å². The molecule has 0 bridgehead atoms. The smallest absolute Gasteiger partial charge is 0.164 e. The maximum absolute atomic E-state index is 12.0. The van der Waals surface area contributed by atoms with Crippen LogP contribution in [0.2, 0.25) is 0 Å². The number of aromatic nitrogens is 1. The molecule has 0 aromatic carbocycles. The second kappa shape index (κ2) is 7.93. The van der Waals surface area contributed by atoms with Crippen LogP contribution in [0.1, 0.15) is 75.3 Å². The first-order chi connectivity index (χ1) is 9.41. The quantitative estimate of drug-likeness (QED) is 0.528. The molecule has 3 nitrogen and oxygen atoms in total. The largest absolute Gasteiger partial charge is 0.299 e. The SMILES string of the molecule is CC(C)C(=O)CCCCC(=O)c1ccc(C(C)C)nc1. The Hall–Kier alpha value is -1.51. The molecule has 1 rings (SSSR count). The van der Waals surface area contributed by atoms with E-state index in [0.29, 0.717) is 24.3 Å². The topological polar surface area (TPSA) is 47.0 Å². The summed E-state index contributed by atoms with van der Waals surface area (Å²) in [6.07, 6.45) is 4.30. The van der Waals surface area contributed by atoms with Crippen molar-refractivity contribution in [3.63, 3.8) is 0 Å². The Kier molecular flexibility index (Phi) is 6.56. The minimum atomic E-state index is 0.0958. The fourth-order valence-corrected chi connectivity index (χ4v) is 1.93. The maximum atomic E-state index is 12.0. The van der Waals surface area contributed by atoms with Gasteiger partial charge in [-0.2, -0.15) is 0 Å². The Morgan fingerprint density at radius 2 is 1.70 bits per heavy atom. The Labute approximate surface area is 121 Å². The summed E-state index contributed by atoms with van der Waals surface area (Å²) in [5.74, 6) is 0.866. The standard InChI is InChI=1S/C17H25NO2/c1-12(2)15-10-9-14(11-18-15)17(20)8-6-5-7-16(19)13(3)4/h9-13H,5-8H2,1-4H3. The van der Waals surface area contributed by atoms with Crippen molar-refractivity contribution in [3.05, 3.63) is 29.6 Å². The lowest BCUT2D eigenvalue weighted by molar-refractivity contribution is -0.122. The van der Waals surface area contributed by atoms with Crippen molar-refractivity contribution in [3.8, 4) is 0 Å². The van der Waals surface area contributed by atoms with Crippen LogP contribution in [0, 0.1) is 5.92 Å². The van der Waals surface area contributed by atoms with E-state index in [1.165, 1.54) is 0 Å². The molecule has 0 aliphatic carbocycles. The molecule has 0 aliphatic rings. The number of Topliss-reactive ketones (excluding diaryl/α,β-unsaturated/α-hetero) is 2. The predicted octanol–water partition coefficient (Wildman–Crippen LogP) is 4.17. The average Bonchev–Trinajstić information content (AvgIpc) is 2.43. The van der Waals surface area contributed by atoms with Gasteiger partial charge in [-0.25, -0.2) is 0 Å². The highest BCUT2D eigenvalue weighted by atomic mass is 16.1. The molecule has 0 saturated heterocycles. The summed E-state index contributed by atoms with van der Waals surface area (Å²) in [4.78, 5) is 27.7. The number of carbonyl (C=O) groups excluding carboxylic acids is 2. The van der Waals surface area contributed by atoms with Crippen LogP contribution in [0.5, 0.6) is 0 Å². The summed E-state index contributed by atoms with van der Waals surface area (Å²) in [6.45, 7) is 7.98. The lowest BCUT2D eigenvalue weighted by Gasteiger charge is -2.06. The third kappa shape index (κ3) is 5.24. The normalized spacial score (nSPS) is 11.1. The minimum Gasteiger partial charge on any atom is -0.299 e. The van der Waals surface area contributed by atoms with Gasteiger partial charge >= 0.3 is 0 Å². The lowest BCUT2D eigenvalue weighted by Crippen LogP contribution is -2.07. The van der Waals surface area contributed by atoms with Crippen LogP contribution in [0.4, 0.5) is 0 Å². The molecule has 0 amide bonds. The van der Waals surface area contributed by atoms with Gasteiger partial charge in [0.15, 0.2) is 5.78 Å². The fraction of sp³-hybridized carbons (Fsp3) is 0.588. The van der Waals surface area contributed by atoms with Crippen molar-refractivity contribution in [2.24, 2.45) is 5.92 Å². The number of unbranched alkanes of at least 4 members (excludes halogenated alkanes) is 1. The Bertz CT molecular complexity index is 447. The number of nitrogens with zero attached hydrogens (tertiary/aromatic N) is 1. The first-order valence-corrected chi connectivity index (χ1v) is 7.43. The van der Waals surface area contributed by atoms with Crippen molar-refractivity contribution < 1.29 is 9.59 Å². The van der Waals surface area contributed by atoms with Gasteiger partial charge in [0.1, 0.15) is 5.78 Å². The van der Waals surface area contributed by atoms with Gasteiger partial charge in [-0.3, -0.25) is 14.6 Å². The minimum absolute atomic E-state index is 0.0958. The molecule has 1 heterocycles. The van der Waals surface area contributed by atoms with E-state index in [9.17, 15) is 9.59 Å². The zero-order valence-corrected chi connectivity index (χ0v) is 13.0. The van der Waals surface area contributed by atoms with Crippen LogP contribution < -0.4 is 0 Å². The highest BCUT2D eigenvalue weighted by molar-refractivity contribution is 5.95. The van der Waals surface area contributed by atoms with E-state index in [-0.39, 0.29) is 17.5 Å². The summed E-state index contributed by atoms with van der Waals surface area (Å²) in [7, 11) is 0. The van der Waals surface area contributed by atoms with Gasteiger partial charge in [-0.05, 0) is 30.9 Å². The van der Waals surface area contributed by atoms with E-state index in [4.69, 9.17) is 0 Å². The highest BCUT2D eigenvalue weighted by Gasteiger charge is 2.10. The van der Waals surface area contributed by atoms with Crippen LogP contribution in [0.3, 0.4) is 0 Å². The van der Waals surface area contributed by atoms with E-state index >= 15 is 0 Å². The van der Waals surface area contributed by atoms with Gasteiger partial charge in [-0.1, -0.05) is 27.7 Å². The Morgan fingerprint density at radius 1 is 1.05 bits per heavy atom. The molecular formula is C17H25NO2. The van der Waals surface area contributed by atoms with Gasteiger partial charge in [0, 0.05) is 36.2 Å². The maximum Gasteiger partial charge on any atom is 0.164 e. The number of ketones is 2. The lowest BCUT2D eigenvalue weighted by atomic mass is 10.0. The van der Waals surface area contributed by atoms with Gasteiger partial charge < -0.3 is 0 Å². The zero-order valence-electron chi connectivity index (χ0n) is 13.0. The van der Waals surface area contributed by atoms with Crippen LogP contribution in [0.25, 0.3) is 0 Å². The van der Waals surface area contributed by atoms with E-state index < -0.39 is 0 Å². The average molecular weight is 275 g/mol. The van der Waals surface area contributed by atoms with Crippen LogP contribution in [0.15, 0.2) is 18.3 Å².